The van der Waals surface area contributed by atoms with E-state index in [9.17, 15) is 18.0 Å². The largest absolute Gasteiger partial charge is 0.465 e. The van der Waals surface area contributed by atoms with Gasteiger partial charge in [0.2, 0.25) is 9.84 Å². The smallest absolute Gasteiger partial charge is 0.405 e. The molecule has 2 aromatic heterocycles. The summed E-state index contributed by atoms with van der Waals surface area (Å²) >= 11 is 1.03. The zero-order chi connectivity index (χ0) is 22.1. The third-order valence-corrected chi connectivity index (χ3v) is 6.72. The number of nitrogens with one attached hydrogen (secondary N) is 1. The van der Waals surface area contributed by atoms with Crippen LogP contribution in [0.4, 0.5) is 4.79 Å². The van der Waals surface area contributed by atoms with E-state index in [4.69, 9.17) is 5.11 Å². The van der Waals surface area contributed by atoms with Crippen LogP contribution in [0, 0.1) is 0 Å². The second-order valence-corrected chi connectivity index (χ2v) is 9.43. The van der Waals surface area contributed by atoms with Crippen molar-refractivity contribution in [3.05, 3.63) is 46.5 Å². The molecule has 2 N–H and O–H groups in total. The first-order valence-electron chi connectivity index (χ1n) is 8.60. The van der Waals surface area contributed by atoms with Gasteiger partial charge in [-0.05, 0) is 23.8 Å². The highest BCUT2D eigenvalue weighted by Gasteiger charge is 2.24. The molecule has 0 aliphatic carbocycles. The van der Waals surface area contributed by atoms with Crippen LogP contribution >= 0.6 is 11.3 Å². The number of aryl methyl sites for hydroxylation is 1. The monoisotopic (exact) mass is 449 g/mol. The molecule has 0 radical (unpaired) electrons. The second kappa shape index (κ2) is 8.24. The lowest BCUT2D eigenvalue weighted by molar-refractivity contribution is 0.0827. The van der Waals surface area contributed by atoms with Crippen molar-refractivity contribution in [2.75, 3.05) is 14.1 Å². The summed E-state index contributed by atoms with van der Waals surface area (Å²) in [5.41, 5.74) is 1.40. The normalized spacial score (nSPS) is 11.3. The molecule has 10 nitrogen and oxygen atoms in total. The fraction of sp³-hybridized carbons (Fsp3) is 0.222. The molecule has 158 valence electrons. The Kier molecular flexibility index (Phi) is 5.89. The van der Waals surface area contributed by atoms with Gasteiger partial charge in [0.05, 0.1) is 17.6 Å². The Balaban J connectivity index is 2.08. The van der Waals surface area contributed by atoms with Crippen molar-refractivity contribution in [1.29, 1.82) is 0 Å². The van der Waals surface area contributed by atoms with Gasteiger partial charge in [0.15, 0.2) is 5.03 Å². The Morgan fingerprint density at radius 3 is 2.57 bits per heavy atom. The average molecular weight is 450 g/mol. The van der Waals surface area contributed by atoms with E-state index >= 15 is 0 Å². The third-order valence-electron chi connectivity index (χ3n) is 4.11. The summed E-state index contributed by atoms with van der Waals surface area (Å²) in [5, 5.41) is 16.4. The fourth-order valence-corrected chi connectivity index (χ4v) is 4.98. The van der Waals surface area contributed by atoms with Gasteiger partial charge in [-0.15, -0.1) is 11.3 Å². The number of hydrogen-bond acceptors (Lipinski definition) is 7. The van der Waals surface area contributed by atoms with Crippen molar-refractivity contribution in [1.82, 2.24) is 25.0 Å². The minimum absolute atomic E-state index is 0.0860. The fourth-order valence-electron chi connectivity index (χ4n) is 2.64. The predicted molar refractivity (Wildman–Crippen MR) is 109 cm³/mol. The minimum Gasteiger partial charge on any atom is -0.465 e. The van der Waals surface area contributed by atoms with Gasteiger partial charge in [-0.2, -0.15) is 5.10 Å². The Bertz CT molecular complexity index is 1210. The van der Waals surface area contributed by atoms with E-state index in [0.29, 0.717) is 16.1 Å². The highest BCUT2D eigenvalue weighted by atomic mass is 32.2. The standard InChI is InChI=1S/C18H19N5O5S2/c1-22(2)17(24)12-4-11(13-7-20-23(3)9-13)5-14(6-12)30(27,28)16-10-29-15(21-16)8-19-18(25)26/h4-7,9-10,19H,8H2,1-3H3,(H,25,26). The highest BCUT2D eigenvalue weighted by Crippen LogP contribution is 2.29. The molecule has 0 bridgehead atoms. The summed E-state index contributed by atoms with van der Waals surface area (Å²) < 4.78 is 27.9. The molecule has 0 atom stereocenters. The van der Waals surface area contributed by atoms with Crippen molar-refractivity contribution in [2.24, 2.45) is 7.05 Å². The van der Waals surface area contributed by atoms with Crippen LogP contribution in [0.5, 0.6) is 0 Å². The van der Waals surface area contributed by atoms with Gasteiger partial charge in [0.1, 0.15) is 5.01 Å². The molecule has 2 heterocycles. The molecular weight excluding hydrogens is 430 g/mol. The first kappa shape index (κ1) is 21.5. The Morgan fingerprint density at radius 1 is 1.23 bits per heavy atom. The van der Waals surface area contributed by atoms with Gasteiger partial charge >= 0.3 is 6.09 Å². The molecule has 3 aromatic rings. The molecule has 12 heteroatoms. The van der Waals surface area contributed by atoms with E-state index in [1.54, 1.807) is 44.3 Å². The number of amides is 2. The van der Waals surface area contributed by atoms with Crippen molar-refractivity contribution >= 4 is 33.2 Å². The van der Waals surface area contributed by atoms with Crippen LogP contribution in [0.1, 0.15) is 15.4 Å². The first-order valence-corrected chi connectivity index (χ1v) is 11.0. The third kappa shape index (κ3) is 4.49. The molecule has 1 aromatic carbocycles. The number of nitrogens with zero attached hydrogens (tertiary/aromatic N) is 4. The van der Waals surface area contributed by atoms with Crippen molar-refractivity contribution < 1.29 is 23.1 Å². The van der Waals surface area contributed by atoms with Gasteiger partial charge in [0, 0.05) is 43.8 Å². The Labute approximate surface area is 176 Å². The van der Waals surface area contributed by atoms with Gasteiger partial charge in [-0.1, -0.05) is 0 Å². The Hall–Kier alpha value is -3.25. The van der Waals surface area contributed by atoms with Gasteiger partial charge < -0.3 is 15.3 Å². The van der Waals surface area contributed by atoms with E-state index in [1.807, 2.05) is 0 Å². The average Bonchev–Trinajstić information content (AvgIpc) is 3.34. The molecule has 0 saturated heterocycles. The molecule has 0 unspecified atom stereocenters. The molecule has 2 amide bonds. The predicted octanol–water partition coefficient (Wildman–Crippen LogP) is 1.85. The van der Waals surface area contributed by atoms with Crippen LogP contribution < -0.4 is 5.32 Å². The van der Waals surface area contributed by atoms with Crippen LogP contribution in [0.2, 0.25) is 0 Å². The first-order chi connectivity index (χ1) is 14.1. The van der Waals surface area contributed by atoms with Gasteiger partial charge in [0.25, 0.3) is 5.91 Å². The summed E-state index contributed by atoms with van der Waals surface area (Å²) in [7, 11) is 0.856. The molecule has 0 aliphatic heterocycles. The van der Waals surface area contributed by atoms with Crippen molar-refractivity contribution in [2.45, 2.75) is 16.5 Å². The van der Waals surface area contributed by atoms with Crippen LogP contribution in [0.25, 0.3) is 11.1 Å². The van der Waals surface area contributed by atoms with Crippen LogP contribution in [-0.4, -0.2) is 59.3 Å². The number of carbonyl (C=O) groups excluding carboxylic acids is 1. The quantitative estimate of drug-likeness (QED) is 0.586. The molecular formula is C18H19N5O5S2. The second-order valence-electron chi connectivity index (χ2n) is 6.59. The zero-order valence-electron chi connectivity index (χ0n) is 16.4. The summed E-state index contributed by atoms with van der Waals surface area (Å²) in [6.07, 6.45) is 2.06. The lowest BCUT2D eigenvalue weighted by atomic mass is 10.1. The Morgan fingerprint density at radius 2 is 1.97 bits per heavy atom. The maximum atomic E-state index is 13.2. The number of rotatable bonds is 6. The van der Waals surface area contributed by atoms with E-state index < -0.39 is 15.9 Å². The molecule has 0 fully saturated rings. The zero-order valence-corrected chi connectivity index (χ0v) is 18.0. The maximum absolute atomic E-state index is 13.2. The number of carbonyl (C=O) groups is 2. The number of hydrogen-bond donors (Lipinski definition) is 2. The van der Waals surface area contributed by atoms with E-state index in [2.05, 4.69) is 15.4 Å². The van der Waals surface area contributed by atoms with E-state index in [-0.39, 0.29) is 27.9 Å². The van der Waals surface area contributed by atoms with Crippen LogP contribution in [0.15, 0.2) is 45.9 Å². The SMILES string of the molecule is CN(C)C(=O)c1cc(-c2cnn(C)c2)cc(S(=O)(=O)c2csc(CNC(=O)O)n2)c1. The lowest BCUT2D eigenvalue weighted by Gasteiger charge is -2.13. The van der Waals surface area contributed by atoms with Gasteiger partial charge in [-0.3, -0.25) is 9.48 Å². The summed E-state index contributed by atoms with van der Waals surface area (Å²) in [4.78, 5) is 28.5. The summed E-state index contributed by atoms with van der Waals surface area (Å²) in [5.74, 6) is -0.346. The minimum atomic E-state index is -4.04. The van der Waals surface area contributed by atoms with Gasteiger partial charge in [-0.25, -0.2) is 18.2 Å². The van der Waals surface area contributed by atoms with Crippen molar-refractivity contribution in [3.63, 3.8) is 0 Å². The number of sulfone groups is 1. The van der Waals surface area contributed by atoms with E-state index in [1.165, 1.54) is 22.4 Å². The molecule has 0 saturated carbocycles. The molecule has 0 spiro atoms. The van der Waals surface area contributed by atoms with Crippen molar-refractivity contribution in [3.8, 4) is 11.1 Å². The summed E-state index contributed by atoms with van der Waals surface area (Å²) in [6.45, 7) is -0.102. The molecule has 0 aliphatic rings. The lowest BCUT2D eigenvalue weighted by Crippen LogP contribution is -2.22. The number of aromatic nitrogens is 3. The number of benzene rings is 1. The number of carboxylic acid groups (broad SMARTS) is 1. The van der Waals surface area contributed by atoms with E-state index in [0.717, 1.165) is 11.3 Å². The maximum Gasteiger partial charge on any atom is 0.405 e. The van der Waals surface area contributed by atoms with Crippen LogP contribution in [0.3, 0.4) is 0 Å². The highest BCUT2D eigenvalue weighted by molar-refractivity contribution is 7.91. The topological polar surface area (TPSA) is 134 Å². The molecule has 30 heavy (non-hydrogen) atoms. The van der Waals surface area contributed by atoms with Crippen LogP contribution in [-0.2, 0) is 23.4 Å². The number of thiazole rings is 1. The molecule has 3 rings (SSSR count). The summed E-state index contributed by atoms with van der Waals surface area (Å²) in [6, 6.07) is 4.39.